The fraction of sp³-hybridized carbons (Fsp3) is 0.250. The van der Waals surface area contributed by atoms with Gasteiger partial charge in [-0.25, -0.2) is 8.42 Å². The van der Waals surface area contributed by atoms with Gasteiger partial charge in [-0.15, -0.1) is 0 Å². The molecule has 0 spiro atoms. The van der Waals surface area contributed by atoms with E-state index in [9.17, 15) is 18.5 Å². The number of benzene rings is 2. The number of halogens is 1. The molecule has 0 saturated carbocycles. The Hall–Kier alpha value is -2.36. The molecular formula is C16H17ClN2O6S. The van der Waals surface area contributed by atoms with Crippen molar-refractivity contribution in [1.29, 1.82) is 0 Å². The zero-order chi connectivity index (χ0) is 19.5. The Morgan fingerprint density at radius 3 is 2.42 bits per heavy atom. The summed E-state index contributed by atoms with van der Waals surface area (Å²) in [7, 11) is 0.166. The minimum Gasteiger partial charge on any atom is -0.497 e. The molecule has 2 aromatic carbocycles. The van der Waals surface area contributed by atoms with Crippen molar-refractivity contribution in [2.75, 3.05) is 21.3 Å². The maximum atomic E-state index is 12.8. The number of nitro benzene ring substituents is 1. The van der Waals surface area contributed by atoms with Crippen LogP contribution in [0.15, 0.2) is 41.3 Å². The molecule has 0 aliphatic rings. The quantitative estimate of drug-likeness (QED) is 0.523. The van der Waals surface area contributed by atoms with Gasteiger partial charge in [0.1, 0.15) is 11.5 Å². The van der Waals surface area contributed by atoms with Crippen LogP contribution in [0, 0.1) is 10.1 Å². The molecule has 0 amide bonds. The van der Waals surface area contributed by atoms with Gasteiger partial charge in [-0.3, -0.25) is 10.1 Å². The van der Waals surface area contributed by atoms with E-state index in [-0.39, 0.29) is 11.6 Å². The summed E-state index contributed by atoms with van der Waals surface area (Å²) in [4.78, 5) is 10.00. The molecule has 0 atom stereocenters. The first-order chi connectivity index (χ1) is 12.2. The third-order valence-corrected chi connectivity index (χ3v) is 5.78. The van der Waals surface area contributed by atoms with Gasteiger partial charge < -0.3 is 9.47 Å². The number of rotatable bonds is 7. The molecule has 0 heterocycles. The number of sulfonamides is 1. The molecule has 0 saturated heterocycles. The topological polar surface area (TPSA) is 99.0 Å². The third-order valence-electron chi connectivity index (χ3n) is 3.69. The van der Waals surface area contributed by atoms with Gasteiger partial charge in [0.2, 0.25) is 10.0 Å². The second-order valence-corrected chi connectivity index (χ2v) is 7.76. The summed E-state index contributed by atoms with van der Waals surface area (Å²) in [5.74, 6) is 1.00. The van der Waals surface area contributed by atoms with Crippen LogP contribution >= 0.6 is 11.6 Å². The molecule has 0 aliphatic carbocycles. The van der Waals surface area contributed by atoms with Crippen molar-refractivity contribution in [3.05, 3.63) is 57.1 Å². The molecule has 0 unspecified atom stereocenters. The zero-order valence-corrected chi connectivity index (χ0v) is 15.9. The lowest BCUT2D eigenvalue weighted by atomic mass is 10.2. The van der Waals surface area contributed by atoms with Crippen LogP contribution in [-0.4, -0.2) is 38.9 Å². The Morgan fingerprint density at radius 2 is 1.85 bits per heavy atom. The van der Waals surface area contributed by atoms with Gasteiger partial charge in [-0.1, -0.05) is 17.7 Å². The number of nitrogens with zero attached hydrogens (tertiary/aromatic N) is 2. The van der Waals surface area contributed by atoms with Crippen molar-refractivity contribution in [2.24, 2.45) is 0 Å². The minimum atomic E-state index is -4.12. The fourth-order valence-corrected chi connectivity index (χ4v) is 3.78. The van der Waals surface area contributed by atoms with E-state index in [1.165, 1.54) is 27.3 Å². The molecule has 0 aromatic heterocycles. The third kappa shape index (κ3) is 4.06. The van der Waals surface area contributed by atoms with E-state index in [2.05, 4.69) is 0 Å². The summed E-state index contributed by atoms with van der Waals surface area (Å²) in [6.07, 6.45) is 0. The van der Waals surface area contributed by atoms with Gasteiger partial charge in [0, 0.05) is 36.3 Å². The Balaban J connectivity index is 2.41. The summed E-state index contributed by atoms with van der Waals surface area (Å²) in [6, 6.07) is 8.39. The maximum absolute atomic E-state index is 12.8. The molecule has 140 valence electrons. The molecule has 2 aromatic rings. The fourth-order valence-electron chi connectivity index (χ4n) is 2.33. The monoisotopic (exact) mass is 400 g/mol. The predicted octanol–water partition coefficient (Wildman–Crippen LogP) is 3.09. The summed E-state index contributed by atoms with van der Waals surface area (Å²) in [5.41, 5.74) is 0.00189. The van der Waals surface area contributed by atoms with Crippen molar-refractivity contribution in [3.63, 3.8) is 0 Å². The normalized spacial score (nSPS) is 11.4. The Kier molecular flexibility index (Phi) is 6.06. The SMILES string of the molecule is COc1ccc(CN(C)S(=O)(=O)c2ccc(Cl)cc2[N+](=O)[O-])c(OC)c1. The van der Waals surface area contributed by atoms with Crippen LogP contribution in [0.5, 0.6) is 11.5 Å². The van der Waals surface area contributed by atoms with Crippen molar-refractivity contribution in [3.8, 4) is 11.5 Å². The van der Waals surface area contributed by atoms with Crippen molar-refractivity contribution < 1.29 is 22.8 Å². The summed E-state index contributed by atoms with van der Waals surface area (Å²) < 4.78 is 37.0. The minimum absolute atomic E-state index is 0.0463. The standard InChI is InChI=1S/C16H17ClN2O6S/c1-18(10-11-4-6-13(24-2)9-15(11)25-3)26(22,23)16-7-5-12(17)8-14(16)19(20)21/h4-9H,10H2,1-3H3. The average molecular weight is 401 g/mol. The van der Waals surface area contributed by atoms with Crippen LogP contribution in [-0.2, 0) is 16.6 Å². The molecule has 0 N–H and O–H groups in total. The smallest absolute Gasteiger partial charge is 0.290 e. The first-order valence-corrected chi connectivity index (χ1v) is 9.13. The molecule has 10 heteroatoms. The van der Waals surface area contributed by atoms with Crippen molar-refractivity contribution >= 4 is 27.3 Å². The number of methoxy groups -OCH3 is 2. The molecule has 0 aliphatic heterocycles. The van der Waals surface area contributed by atoms with Crippen LogP contribution in [0.2, 0.25) is 5.02 Å². The molecule has 8 nitrogen and oxygen atoms in total. The molecule has 0 radical (unpaired) electrons. The number of ether oxygens (including phenoxy) is 2. The number of hydrogen-bond acceptors (Lipinski definition) is 6. The highest BCUT2D eigenvalue weighted by atomic mass is 35.5. The van der Waals surface area contributed by atoms with Gasteiger partial charge in [0.15, 0.2) is 4.90 Å². The van der Waals surface area contributed by atoms with E-state index < -0.39 is 25.5 Å². The first kappa shape index (κ1) is 20.0. The van der Waals surface area contributed by atoms with Crippen LogP contribution in [0.3, 0.4) is 0 Å². The number of nitro groups is 1. The van der Waals surface area contributed by atoms with Crippen LogP contribution in [0.4, 0.5) is 5.69 Å². The van der Waals surface area contributed by atoms with Gasteiger partial charge in [0.05, 0.1) is 19.1 Å². The summed E-state index contributed by atoms with van der Waals surface area (Å²) in [5, 5.41) is 11.3. The maximum Gasteiger partial charge on any atom is 0.290 e. The van der Waals surface area contributed by atoms with Crippen LogP contribution < -0.4 is 9.47 Å². The second kappa shape index (κ2) is 7.90. The van der Waals surface area contributed by atoms with E-state index in [0.717, 1.165) is 16.4 Å². The molecule has 2 rings (SSSR count). The van der Waals surface area contributed by atoms with Crippen molar-refractivity contribution in [1.82, 2.24) is 4.31 Å². The molecule has 0 bridgehead atoms. The first-order valence-electron chi connectivity index (χ1n) is 7.32. The molecule has 26 heavy (non-hydrogen) atoms. The zero-order valence-electron chi connectivity index (χ0n) is 14.3. The Morgan fingerprint density at radius 1 is 1.15 bits per heavy atom. The number of hydrogen-bond donors (Lipinski definition) is 0. The van der Waals surface area contributed by atoms with E-state index in [1.54, 1.807) is 18.2 Å². The second-order valence-electron chi connectivity index (χ2n) is 5.31. The van der Waals surface area contributed by atoms with E-state index in [4.69, 9.17) is 21.1 Å². The van der Waals surface area contributed by atoms with E-state index in [0.29, 0.717) is 17.1 Å². The van der Waals surface area contributed by atoms with Crippen LogP contribution in [0.1, 0.15) is 5.56 Å². The average Bonchev–Trinajstić information content (AvgIpc) is 2.61. The lowest BCUT2D eigenvalue weighted by molar-refractivity contribution is -0.387. The van der Waals surface area contributed by atoms with Gasteiger partial charge in [-0.05, 0) is 18.2 Å². The largest absolute Gasteiger partial charge is 0.497 e. The molecular weight excluding hydrogens is 384 g/mol. The van der Waals surface area contributed by atoms with Gasteiger partial charge in [0.25, 0.3) is 5.69 Å². The summed E-state index contributed by atoms with van der Waals surface area (Å²) >= 11 is 5.75. The predicted molar refractivity (Wildman–Crippen MR) is 96.3 cm³/mol. The Labute approximate surface area is 156 Å². The highest BCUT2D eigenvalue weighted by molar-refractivity contribution is 7.89. The lowest BCUT2D eigenvalue weighted by Crippen LogP contribution is -2.27. The lowest BCUT2D eigenvalue weighted by Gasteiger charge is -2.19. The van der Waals surface area contributed by atoms with Gasteiger partial charge in [-0.2, -0.15) is 4.31 Å². The van der Waals surface area contributed by atoms with E-state index in [1.807, 2.05) is 0 Å². The molecule has 0 fully saturated rings. The summed E-state index contributed by atoms with van der Waals surface area (Å²) in [6.45, 7) is -0.0463. The van der Waals surface area contributed by atoms with Crippen molar-refractivity contribution in [2.45, 2.75) is 11.4 Å². The van der Waals surface area contributed by atoms with Gasteiger partial charge >= 0.3 is 0 Å². The highest BCUT2D eigenvalue weighted by Gasteiger charge is 2.30. The van der Waals surface area contributed by atoms with E-state index >= 15 is 0 Å². The van der Waals surface area contributed by atoms with Crippen LogP contribution in [0.25, 0.3) is 0 Å². The highest BCUT2D eigenvalue weighted by Crippen LogP contribution is 2.31. The Bertz CT molecular complexity index is 932.